The second kappa shape index (κ2) is 7.48. The number of nitrogens with one attached hydrogen (secondary N) is 1. The number of rotatable bonds is 4. The zero-order valence-corrected chi connectivity index (χ0v) is 17.5. The SMILES string of the molecule is NC(=O)C12CC3C[C@H](C1)C(OC(=O)N1CCC(Nc4nccc(C(F)(F)F)n4)C1)[C@H](C3)C2. The van der Waals surface area contributed by atoms with Gasteiger partial charge in [-0.3, -0.25) is 4.79 Å². The number of carbonyl (C=O) groups excluding carboxylic acids is 2. The van der Waals surface area contributed by atoms with Crippen LogP contribution in [-0.2, 0) is 15.7 Å². The number of aromatic nitrogens is 2. The van der Waals surface area contributed by atoms with Crippen LogP contribution in [0.5, 0.6) is 0 Å². The molecule has 3 atom stereocenters. The molecular weight excluding hydrogens is 427 g/mol. The predicted octanol–water partition coefficient (Wildman–Crippen LogP) is 2.80. The molecule has 3 N–H and O–H groups in total. The van der Waals surface area contributed by atoms with Crippen LogP contribution < -0.4 is 11.1 Å². The van der Waals surface area contributed by atoms with Gasteiger partial charge in [-0.2, -0.15) is 13.2 Å². The van der Waals surface area contributed by atoms with Crippen molar-refractivity contribution in [2.75, 3.05) is 18.4 Å². The average Bonchev–Trinajstić information content (AvgIpc) is 3.18. The van der Waals surface area contributed by atoms with Crippen LogP contribution in [0.1, 0.15) is 44.2 Å². The maximum atomic E-state index is 12.9. The number of anilines is 1. The first-order chi connectivity index (χ1) is 15.1. The minimum Gasteiger partial charge on any atom is -0.446 e. The molecule has 5 aliphatic rings. The Balaban J connectivity index is 1.18. The third kappa shape index (κ3) is 3.75. The molecule has 2 amide bonds. The average molecular weight is 453 g/mol. The van der Waals surface area contributed by atoms with Gasteiger partial charge in [0.15, 0.2) is 0 Å². The smallest absolute Gasteiger partial charge is 0.433 e. The molecule has 1 saturated heterocycles. The van der Waals surface area contributed by atoms with Gasteiger partial charge in [-0.1, -0.05) is 0 Å². The lowest BCUT2D eigenvalue weighted by Crippen LogP contribution is -2.59. The standard InChI is InChI=1S/C21H26F3N5O3/c22-21(23,24)15-1-3-26-18(28-15)27-14-2-4-29(10-14)19(31)32-16-12-5-11-6-13(16)9-20(7-11,8-12)17(25)30/h1,3,11-14,16H,2,4-10H2,(H2,25,30)(H,26,27,28)/t11?,12-,13-,14?,16?,20?/m1/s1. The molecule has 4 bridgehead atoms. The Morgan fingerprint density at radius 3 is 2.59 bits per heavy atom. The molecular formula is C21H26F3N5O3. The lowest BCUT2D eigenvalue weighted by atomic mass is 9.48. The van der Waals surface area contributed by atoms with Crippen LogP contribution >= 0.6 is 0 Å². The summed E-state index contributed by atoms with van der Waals surface area (Å²) >= 11 is 0. The highest BCUT2D eigenvalue weighted by Crippen LogP contribution is 2.60. The minimum absolute atomic E-state index is 0.113. The molecule has 0 spiro atoms. The van der Waals surface area contributed by atoms with Crippen molar-refractivity contribution < 1.29 is 27.5 Å². The van der Waals surface area contributed by atoms with E-state index in [2.05, 4.69) is 15.3 Å². The predicted molar refractivity (Wildman–Crippen MR) is 106 cm³/mol. The van der Waals surface area contributed by atoms with Gasteiger partial charge in [0.2, 0.25) is 11.9 Å². The fourth-order valence-corrected chi connectivity index (χ4v) is 6.48. The van der Waals surface area contributed by atoms with E-state index < -0.39 is 23.4 Å². The fraction of sp³-hybridized carbons (Fsp3) is 0.714. The molecule has 174 valence electrons. The third-order valence-corrected chi connectivity index (χ3v) is 7.67. The topological polar surface area (TPSA) is 110 Å². The second-order valence-electron chi connectivity index (χ2n) is 9.80. The Morgan fingerprint density at radius 1 is 1.22 bits per heavy atom. The maximum absolute atomic E-state index is 12.9. The van der Waals surface area contributed by atoms with Crippen molar-refractivity contribution in [3.8, 4) is 0 Å². The van der Waals surface area contributed by atoms with Crippen molar-refractivity contribution in [3.05, 3.63) is 18.0 Å². The molecule has 8 nitrogen and oxygen atoms in total. The number of nitrogens with zero attached hydrogens (tertiary/aromatic N) is 3. The van der Waals surface area contributed by atoms with Crippen molar-refractivity contribution in [2.24, 2.45) is 28.9 Å². The van der Waals surface area contributed by atoms with Gasteiger partial charge in [0.25, 0.3) is 0 Å². The summed E-state index contributed by atoms with van der Waals surface area (Å²) in [4.78, 5) is 33.9. The van der Waals surface area contributed by atoms with E-state index in [1.54, 1.807) is 4.90 Å². The fourth-order valence-electron chi connectivity index (χ4n) is 6.48. The molecule has 1 aromatic heterocycles. The van der Waals surface area contributed by atoms with E-state index in [0.29, 0.717) is 38.3 Å². The quantitative estimate of drug-likeness (QED) is 0.726. The van der Waals surface area contributed by atoms with Crippen molar-refractivity contribution >= 4 is 17.9 Å². The Labute approximate surface area is 183 Å². The Hall–Kier alpha value is -2.59. The Morgan fingerprint density at radius 2 is 1.94 bits per heavy atom. The molecule has 0 radical (unpaired) electrons. The van der Waals surface area contributed by atoms with Gasteiger partial charge in [0.05, 0.1) is 5.41 Å². The molecule has 1 aliphatic heterocycles. The molecule has 0 aromatic carbocycles. The number of primary amides is 1. The first kappa shape index (κ1) is 21.3. The number of ether oxygens (including phenoxy) is 1. The van der Waals surface area contributed by atoms with Crippen LogP contribution in [0, 0.1) is 23.2 Å². The van der Waals surface area contributed by atoms with Gasteiger partial charge in [-0.05, 0) is 62.3 Å². The third-order valence-electron chi connectivity index (χ3n) is 7.67. The van der Waals surface area contributed by atoms with E-state index >= 15 is 0 Å². The van der Waals surface area contributed by atoms with Crippen LogP contribution in [0.15, 0.2) is 12.3 Å². The van der Waals surface area contributed by atoms with Gasteiger partial charge in [-0.15, -0.1) is 0 Å². The van der Waals surface area contributed by atoms with E-state index in [4.69, 9.17) is 10.5 Å². The molecule has 4 saturated carbocycles. The zero-order valence-electron chi connectivity index (χ0n) is 17.5. The highest BCUT2D eigenvalue weighted by Gasteiger charge is 2.59. The van der Waals surface area contributed by atoms with E-state index in [0.717, 1.165) is 31.5 Å². The lowest BCUT2D eigenvalue weighted by Gasteiger charge is -2.58. The summed E-state index contributed by atoms with van der Waals surface area (Å²) in [6, 6.07) is 0.555. The molecule has 1 aromatic rings. The van der Waals surface area contributed by atoms with E-state index in [-0.39, 0.29) is 35.8 Å². The number of hydrogen-bond donors (Lipinski definition) is 2. The Bertz CT molecular complexity index is 910. The summed E-state index contributed by atoms with van der Waals surface area (Å²) in [6.07, 6.45) is 0.596. The number of likely N-dealkylation sites (tertiary alicyclic amines) is 1. The molecule has 2 heterocycles. The van der Waals surface area contributed by atoms with Crippen molar-refractivity contribution in [2.45, 2.75) is 56.8 Å². The zero-order chi connectivity index (χ0) is 22.7. The first-order valence-corrected chi connectivity index (χ1v) is 11.1. The summed E-state index contributed by atoms with van der Waals surface area (Å²) in [5, 5.41) is 2.89. The normalized spacial score (nSPS) is 35.7. The van der Waals surface area contributed by atoms with E-state index in [9.17, 15) is 22.8 Å². The second-order valence-corrected chi connectivity index (χ2v) is 9.80. The highest BCUT2D eigenvalue weighted by molar-refractivity contribution is 5.81. The monoisotopic (exact) mass is 453 g/mol. The maximum Gasteiger partial charge on any atom is 0.433 e. The first-order valence-electron chi connectivity index (χ1n) is 11.1. The van der Waals surface area contributed by atoms with E-state index in [1.807, 2.05) is 0 Å². The van der Waals surface area contributed by atoms with Crippen molar-refractivity contribution in [1.29, 1.82) is 0 Å². The number of carbonyl (C=O) groups is 2. The molecule has 1 unspecified atom stereocenters. The van der Waals surface area contributed by atoms with Gasteiger partial charge >= 0.3 is 12.3 Å². The Kier molecular flexibility index (Phi) is 4.97. The summed E-state index contributed by atoms with van der Waals surface area (Å²) < 4.78 is 44.5. The molecule has 32 heavy (non-hydrogen) atoms. The minimum atomic E-state index is -4.55. The van der Waals surface area contributed by atoms with Crippen LogP contribution in [0.2, 0.25) is 0 Å². The number of nitrogens with two attached hydrogens (primary N) is 1. The van der Waals surface area contributed by atoms with Crippen LogP contribution in [0.25, 0.3) is 0 Å². The molecule has 5 fully saturated rings. The van der Waals surface area contributed by atoms with E-state index in [1.165, 1.54) is 0 Å². The summed E-state index contributed by atoms with van der Waals surface area (Å²) in [5.74, 6) is 0.452. The summed E-state index contributed by atoms with van der Waals surface area (Å²) in [6.45, 7) is 0.736. The van der Waals surface area contributed by atoms with Crippen LogP contribution in [0.4, 0.5) is 23.9 Å². The summed E-state index contributed by atoms with van der Waals surface area (Å²) in [5.41, 5.74) is 4.26. The van der Waals surface area contributed by atoms with Gasteiger partial charge in [0, 0.05) is 25.3 Å². The van der Waals surface area contributed by atoms with Gasteiger partial charge in [-0.25, -0.2) is 14.8 Å². The largest absolute Gasteiger partial charge is 0.446 e. The van der Waals surface area contributed by atoms with Gasteiger partial charge < -0.3 is 20.7 Å². The van der Waals surface area contributed by atoms with Crippen molar-refractivity contribution in [3.63, 3.8) is 0 Å². The molecule has 6 rings (SSSR count). The van der Waals surface area contributed by atoms with Crippen LogP contribution in [-0.4, -0.2) is 52.1 Å². The lowest BCUT2D eigenvalue weighted by molar-refractivity contribution is -0.161. The molecule has 11 heteroatoms. The summed E-state index contributed by atoms with van der Waals surface area (Å²) in [7, 11) is 0. The highest BCUT2D eigenvalue weighted by atomic mass is 19.4. The number of hydrogen-bond acceptors (Lipinski definition) is 6. The molecule has 4 aliphatic carbocycles. The van der Waals surface area contributed by atoms with Crippen LogP contribution in [0.3, 0.4) is 0 Å². The number of halogens is 3. The number of alkyl halides is 3. The number of amides is 2. The van der Waals surface area contributed by atoms with Gasteiger partial charge in [0.1, 0.15) is 11.8 Å². The van der Waals surface area contributed by atoms with Crippen molar-refractivity contribution in [1.82, 2.24) is 14.9 Å².